The zero-order valence-electron chi connectivity index (χ0n) is 16.5. The summed E-state index contributed by atoms with van der Waals surface area (Å²) in [6.07, 6.45) is 1.66. The fraction of sp³-hybridized carbons (Fsp3) is 0.318. The number of nitrogens with zero attached hydrogens (tertiary/aromatic N) is 3. The van der Waals surface area contributed by atoms with Crippen LogP contribution in [0, 0.1) is 6.92 Å². The fourth-order valence-corrected chi connectivity index (χ4v) is 3.56. The third-order valence-corrected chi connectivity index (χ3v) is 5.00. The van der Waals surface area contributed by atoms with Gasteiger partial charge in [-0.1, -0.05) is 29.4 Å². The molecule has 0 N–H and O–H groups in total. The Balaban J connectivity index is 1.47. The number of carbonyl (C=O) groups excluding carboxylic acids is 1. The van der Waals surface area contributed by atoms with E-state index in [1.54, 1.807) is 12.0 Å². The van der Waals surface area contributed by atoms with Crippen molar-refractivity contribution in [3.63, 3.8) is 0 Å². The summed E-state index contributed by atoms with van der Waals surface area (Å²) in [7, 11) is 1.60. The summed E-state index contributed by atoms with van der Waals surface area (Å²) in [5.41, 5.74) is 1.84. The molecule has 0 spiro atoms. The summed E-state index contributed by atoms with van der Waals surface area (Å²) in [5, 5.41) is 4.10. The molecule has 1 atom stereocenters. The third kappa shape index (κ3) is 4.08. The van der Waals surface area contributed by atoms with Crippen molar-refractivity contribution in [2.24, 2.45) is 0 Å². The van der Waals surface area contributed by atoms with Gasteiger partial charge < -0.3 is 18.9 Å². The van der Waals surface area contributed by atoms with Crippen molar-refractivity contribution in [2.45, 2.75) is 25.8 Å². The SMILES string of the molecule is COc1ccccc1-c1noc(C2CCCN2C(=O)COc2cccc(C)c2)n1. The molecular formula is C22H23N3O4. The predicted molar refractivity (Wildman–Crippen MR) is 107 cm³/mol. The zero-order valence-corrected chi connectivity index (χ0v) is 16.5. The monoisotopic (exact) mass is 393 g/mol. The van der Waals surface area contributed by atoms with E-state index in [2.05, 4.69) is 10.1 Å². The van der Waals surface area contributed by atoms with Gasteiger partial charge in [0.05, 0.1) is 12.7 Å². The summed E-state index contributed by atoms with van der Waals surface area (Å²) in [4.78, 5) is 19.1. The minimum absolute atomic E-state index is 0.0204. The predicted octanol–water partition coefficient (Wildman–Crippen LogP) is 3.80. The molecule has 7 heteroatoms. The summed E-state index contributed by atoms with van der Waals surface area (Å²) in [6.45, 7) is 2.61. The summed E-state index contributed by atoms with van der Waals surface area (Å²) in [5.74, 6) is 2.15. The maximum atomic E-state index is 12.8. The molecule has 2 aromatic carbocycles. The molecule has 1 aliphatic heterocycles. The van der Waals surface area contributed by atoms with Gasteiger partial charge in [-0.15, -0.1) is 0 Å². The number of carbonyl (C=O) groups is 1. The van der Waals surface area contributed by atoms with Crippen LogP contribution in [-0.4, -0.2) is 41.2 Å². The third-order valence-electron chi connectivity index (χ3n) is 5.00. The standard InChI is InChI=1S/C22H23N3O4/c1-15-7-5-8-16(13-15)28-14-20(26)25-12-6-10-18(25)22-23-21(24-29-22)17-9-3-4-11-19(17)27-2/h3-5,7-9,11,13,18H,6,10,12,14H2,1-2H3. The van der Waals surface area contributed by atoms with E-state index in [0.29, 0.717) is 29.8 Å². The molecule has 1 aliphatic rings. The molecule has 1 fully saturated rings. The first-order valence-electron chi connectivity index (χ1n) is 9.61. The molecule has 1 unspecified atom stereocenters. The second-order valence-corrected chi connectivity index (χ2v) is 7.01. The Hall–Kier alpha value is -3.35. The fourth-order valence-electron chi connectivity index (χ4n) is 3.56. The molecule has 0 bridgehead atoms. The van der Waals surface area contributed by atoms with Crippen molar-refractivity contribution in [2.75, 3.05) is 20.3 Å². The van der Waals surface area contributed by atoms with Gasteiger partial charge in [-0.3, -0.25) is 4.79 Å². The highest BCUT2D eigenvalue weighted by Crippen LogP contribution is 2.34. The van der Waals surface area contributed by atoms with Crippen molar-refractivity contribution in [1.82, 2.24) is 15.0 Å². The molecule has 0 aliphatic carbocycles. The van der Waals surface area contributed by atoms with Crippen LogP contribution in [0.25, 0.3) is 11.4 Å². The Kier molecular flexibility index (Phi) is 5.46. The Morgan fingerprint density at radius 1 is 1.24 bits per heavy atom. The van der Waals surface area contributed by atoms with Crippen molar-refractivity contribution in [1.29, 1.82) is 0 Å². The molecular weight excluding hydrogens is 370 g/mol. The number of benzene rings is 2. The second kappa shape index (κ2) is 8.34. The summed E-state index contributed by atoms with van der Waals surface area (Å²) >= 11 is 0. The normalized spacial score (nSPS) is 16.1. The molecule has 3 aromatic rings. The summed E-state index contributed by atoms with van der Waals surface area (Å²) < 4.78 is 16.6. The Labute approximate surface area is 169 Å². The number of ether oxygens (including phenoxy) is 2. The highest BCUT2D eigenvalue weighted by atomic mass is 16.5. The zero-order chi connectivity index (χ0) is 20.2. The van der Waals surface area contributed by atoms with Crippen LogP contribution in [-0.2, 0) is 4.79 Å². The minimum atomic E-state index is -0.237. The molecule has 29 heavy (non-hydrogen) atoms. The van der Waals surface area contributed by atoms with Gasteiger partial charge in [0, 0.05) is 6.54 Å². The van der Waals surface area contributed by atoms with Crippen LogP contribution in [0.4, 0.5) is 0 Å². The molecule has 0 saturated carbocycles. The highest BCUT2D eigenvalue weighted by molar-refractivity contribution is 5.78. The molecule has 7 nitrogen and oxygen atoms in total. The quantitative estimate of drug-likeness (QED) is 0.634. The van der Waals surface area contributed by atoms with Crippen LogP contribution in [0.1, 0.15) is 30.3 Å². The van der Waals surface area contributed by atoms with Crippen molar-refractivity contribution >= 4 is 5.91 Å². The van der Waals surface area contributed by atoms with E-state index in [1.165, 1.54) is 0 Å². The molecule has 0 radical (unpaired) electrons. The van der Waals surface area contributed by atoms with Gasteiger partial charge in [0.2, 0.25) is 11.7 Å². The minimum Gasteiger partial charge on any atom is -0.496 e. The van der Waals surface area contributed by atoms with Crippen LogP contribution in [0.3, 0.4) is 0 Å². The first-order chi connectivity index (χ1) is 14.2. The van der Waals surface area contributed by atoms with Gasteiger partial charge in [0.25, 0.3) is 5.91 Å². The van der Waals surface area contributed by atoms with Gasteiger partial charge in [-0.2, -0.15) is 4.98 Å². The first kappa shape index (κ1) is 19.0. The summed E-state index contributed by atoms with van der Waals surface area (Å²) in [6, 6.07) is 14.9. The van der Waals surface area contributed by atoms with Gasteiger partial charge in [0.15, 0.2) is 6.61 Å². The lowest BCUT2D eigenvalue weighted by Crippen LogP contribution is -2.34. The number of hydrogen-bond acceptors (Lipinski definition) is 6. The molecule has 1 aromatic heterocycles. The van der Waals surface area contributed by atoms with Gasteiger partial charge >= 0.3 is 0 Å². The van der Waals surface area contributed by atoms with E-state index in [9.17, 15) is 4.79 Å². The Bertz CT molecular complexity index is 1000. The van der Waals surface area contributed by atoms with E-state index < -0.39 is 0 Å². The lowest BCUT2D eigenvalue weighted by Gasteiger charge is -2.21. The Morgan fingerprint density at radius 2 is 2.10 bits per heavy atom. The van der Waals surface area contributed by atoms with Crippen LogP contribution in [0.5, 0.6) is 11.5 Å². The van der Waals surface area contributed by atoms with E-state index in [4.69, 9.17) is 14.0 Å². The number of hydrogen-bond donors (Lipinski definition) is 0. The first-order valence-corrected chi connectivity index (χ1v) is 9.61. The topological polar surface area (TPSA) is 77.7 Å². The molecule has 150 valence electrons. The van der Waals surface area contributed by atoms with Crippen LogP contribution in [0.15, 0.2) is 53.1 Å². The van der Waals surface area contributed by atoms with E-state index >= 15 is 0 Å². The number of methoxy groups -OCH3 is 1. The van der Waals surface area contributed by atoms with E-state index in [0.717, 1.165) is 24.0 Å². The van der Waals surface area contributed by atoms with Crippen molar-refractivity contribution in [3.8, 4) is 22.9 Å². The largest absolute Gasteiger partial charge is 0.496 e. The smallest absolute Gasteiger partial charge is 0.261 e. The lowest BCUT2D eigenvalue weighted by atomic mass is 10.2. The number of aromatic nitrogens is 2. The molecule has 1 amide bonds. The van der Waals surface area contributed by atoms with E-state index in [1.807, 2.05) is 55.5 Å². The highest BCUT2D eigenvalue weighted by Gasteiger charge is 2.34. The lowest BCUT2D eigenvalue weighted by molar-refractivity contribution is -0.134. The molecule has 1 saturated heterocycles. The number of rotatable bonds is 6. The number of amides is 1. The van der Waals surface area contributed by atoms with Crippen LogP contribution >= 0.6 is 0 Å². The number of aryl methyl sites for hydroxylation is 1. The van der Waals surface area contributed by atoms with E-state index in [-0.39, 0.29) is 18.6 Å². The average molecular weight is 393 g/mol. The van der Waals surface area contributed by atoms with Crippen LogP contribution in [0.2, 0.25) is 0 Å². The molecule has 2 heterocycles. The van der Waals surface area contributed by atoms with Gasteiger partial charge in [0.1, 0.15) is 17.5 Å². The maximum Gasteiger partial charge on any atom is 0.261 e. The van der Waals surface area contributed by atoms with Crippen molar-refractivity contribution < 1.29 is 18.8 Å². The Morgan fingerprint density at radius 3 is 2.93 bits per heavy atom. The van der Waals surface area contributed by atoms with Crippen LogP contribution < -0.4 is 9.47 Å². The second-order valence-electron chi connectivity index (χ2n) is 7.01. The van der Waals surface area contributed by atoms with Crippen molar-refractivity contribution in [3.05, 3.63) is 60.0 Å². The average Bonchev–Trinajstić information content (AvgIpc) is 3.41. The number of para-hydroxylation sites is 1. The molecule has 4 rings (SSSR count). The number of likely N-dealkylation sites (tertiary alicyclic amines) is 1. The maximum absolute atomic E-state index is 12.8. The van der Waals surface area contributed by atoms with Gasteiger partial charge in [-0.25, -0.2) is 0 Å². The van der Waals surface area contributed by atoms with Gasteiger partial charge in [-0.05, 0) is 49.6 Å².